The molecule has 0 radical (unpaired) electrons. The van der Waals surface area contributed by atoms with Gasteiger partial charge in [-0.25, -0.2) is 9.18 Å². The Bertz CT molecular complexity index is 770. The summed E-state index contributed by atoms with van der Waals surface area (Å²) in [6.07, 6.45) is -4.99. The first kappa shape index (κ1) is 19.4. The molecule has 2 aromatic carbocycles. The van der Waals surface area contributed by atoms with Gasteiger partial charge in [-0.1, -0.05) is 0 Å². The Morgan fingerprint density at radius 1 is 1.08 bits per heavy atom. The number of esters is 1. The minimum atomic E-state index is -4.29. The summed E-state index contributed by atoms with van der Waals surface area (Å²) in [5.41, 5.74) is 0.312. The molecule has 0 spiro atoms. The Labute approximate surface area is 146 Å². The maximum absolute atomic E-state index is 13.9. The number of rotatable bonds is 7. The van der Waals surface area contributed by atoms with E-state index in [0.717, 1.165) is 12.1 Å². The summed E-state index contributed by atoms with van der Waals surface area (Å²) in [7, 11) is 0. The molecule has 0 bridgehead atoms. The number of ether oxygens (including phenoxy) is 2. The van der Waals surface area contributed by atoms with Crippen molar-refractivity contribution in [1.29, 1.82) is 0 Å². The summed E-state index contributed by atoms with van der Waals surface area (Å²) in [6, 6.07) is 8.99. The van der Waals surface area contributed by atoms with Gasteiger partial charge in [0.15, 0.2) is 11.6 Å². The molecule has 8 heteroatoms. The minimum absolute atomic E-state index is 0.0930. The van der Waals surface area contributed by atoms with Gasteiger partial charge in [-0.15, -0.1) is 0 Å². The quantitative estimate of drug-likeness (QED) is 0.235. The maximum Gasteiger partial charge on any atom is 0.389 e. The molecule has 0 saturated carbocycles. The largest absolute Gasteiger partial charge is 0.491 e. The standard InChI is InChI=1S/C18H14F4O4/c19-15-10-13(4-7-16(15)25-9-1-8-18(20,21)22)17(24)26-14-5-2-12(11-23)3-6-14/h2-7,10-11H,1,8-9H2. The number of hydrogen-bond donors (Lipinski definition) is 0. The predicted molar refractivity (Wildman–Crippen MR) is 84.0 cm³/mol. The zero-order valence-electron chi connectivity index (χ0n) is 13.4. The Kier molecular flexibility index (Phi) is 6.32. The molecule has 2 aromatic rings. The summed E-state index contributed by atoms with van der Waals surface area (Å²) < 4.78 is 60.0. The van der Waals surface area contributed by atoms with Crippen LogP contribution >= 0.6 is 0 Å². The number of alkyl halides is 3. The van der Waals surface area contributed by atoms with Gasteiger partial charge in [-0.3, -0.25) is 4.79 Å². The van der Waals surface area contributed by atoms with E-state index >= 15 is 0 Å². The Morgan fingerprint density at radius 2 is 1.77 bits per heavy atom. The number of benzene rings is 2. The second-order valence-corrected chi connectivity index (χ2v) is 5.29. The molecule has 0 heterocycles. The predicted octanol–water partition coefficient (Wildman–Crippen LogP) is 4.58. The molecule has 0 aliphatic rings. The van der Waals surface area contributed by atoms with Crippen LogP contribution < -0.4 is 9.47 Å². The van der Waals surface area contributed by atoms with Crippen molar-refractivity contribution in [3.63, 3.8) is 0 Å². The summed E-state index contributed by atoms with van der Waals surface area (Å²) in [4.78, 5) is 22.5. The van der Waals surface area contributed by atoms with Gasteiger partial charge in [-0.2, -0.15) is 13.2 Å². The highest BCUT2D eigenvalue weighted by molar-refractivity contribution is 5.91. The molecule has 2 rings (SSSR count). The zero-order chi connectivity index (χ0) is 19.2. The highest BCUT2D eigenvalue weighted by atomic mass is 19.4. The number of aldehydes is 1. The van der Waals surface area contributed by atoms with Crippen LogP contribution in [0, 0.1) is 5.82 Å². The highest BCUT2D eigenvalue weighted by Crippen LogP contribution is 2.23. The van der Waals surface area contributed by atoms with E-state index in [2.05, 4.69) is 0 Å². The van der Waals surface area contributed by atoms with E-state index in [-0.39, 0.29) is 30.1 Å². The lowest BCUT2D eigenvalue weighted by Crippen LogP contribution is -2.11. The van der Waals surface area contributed by atoms with Crippen molar-refractivity contribution in [3.8, 4) is 11.5 Å². The summed E-state index contributed by atoms with van der Waals surface area (Å²) in [5.74, 6) is -1.79. The molecule has 0 aromatic heterocycles. The van der Waals surface area contributed by atoms with Crippen molar-refractivity contribution in [3.05, 3.63) is 59.4 Å². The minimum Gasteiger partial charge on any atom is -0.491 e. The number of carbonyl (C=O) groups is 2. The van der Waals surface area contributed by atoms with Crippen molar-refractivity contribution in [2.45, 2.75) is 19.0 Å². The van der Waals surface area contributed by atoms with Crippen LogP contribution in [0.4, 0.5) is 17.6 Å². The van der Waals surface area contributed by atoms with Crippen LogP contribution in [0.15, 0.2) is 42.5 Å². The van der Waals surface area contributed by atoms with Gasteiger partial charge in [-0.05, 0) is 48.9 Å². The van der Waals surface area contributed by atoms with Crippen molar-refractivity contribution in [2.24, 2.45) is 0 Å². The van der Waals surface area contributed by atoms with Crippen LogP contribution in [0.2, 0.25) is 0 Å². The second kappa shape index (κ2) is 8.46. The lowest BCUT2D eigenvalue weighted by molar-refractivity contribution is -0.136. The van der Waals surface area contributed by atoms with Crippen LogP contribution in [0.5, 0.6) is 11.5 Å². The summed E-state index contributed by atoms with van der Waals surface area (Å²) in [5, 5.41) is 0. The van der Waals surface area contributed by atoms with Crippen molar-refractivity contribution >= 4 is 12.3 Å². The van der Waals surface area contributed by atoms with Crippen molar-refractivity contribution in [1.82, 2.24) is 0 Å². The number of carbonyl (C=O) groups excluding carboxylic acids is 2. The van der Waals surface area contributed by atoms with Crippen molar-refractivity contribution in [2.75, 3.05) is 6.61 Å². The molecular weight excluding hydrogens is 356 g/mol. The average molecular weight is 370 g/mol. The van der Waals surface area contributed by atoms with Gasteiger partial charge in [0.05, 0.1) is 12.2 Å². The molecule has 4 nitrogen and oxygen atoms in total. The lowest BCUT2D eigenvalue weighted by Gasteiger charge is -2.10. The van der Waals surface area contributed by atoms with Gasteiger partial charge in [0.1, 0.15) is 12.0 Å². The number of halogens is 4. The molecule has 0 saturated heterocycles. The monoisotopic (exact) mass is 370 g/mol. The Morgan fingerprint density at radius 3 is 2.35 bits per heavy atom. The number of hydrogen-bond acceptors (Lipinski definition) is 4. The Hall–Kier alpha value is -2.90. The van der Waals surface area contributed by atoms with E-state index in [1.165, 1.54) is 30.3 Å². The molecule has 0 aliphatic heterocycles. The molecule has 0 fully saturated rings. The topological polar surface area (TPSA) is 52.6 Å². The fourth-order valence-corrected chi connectivity index (χ4v) is 1.98. The van der Waals surface area contributed by atoms with E-state index < -0.39 is 24.4 Å². The molecular formula is C18H14F4O4. The van der Waals surface area contributed by atoms with Gasteiger partial charge in [0.2, 0.25) is 0 Å². The smallest absolute Gasteiger partial charge is 0.389 e. The van der Waals surface area contributed by atoms with Crippen LogP contribution in [0.25, 0.3) is 0 Å². The first-order chi connectivity index (χ1) is 12.3. The molecule has 138 valence electrons. The first-order valence-corrected chi connectivity index (χ1v) is 7.55. The second-order valence-electron chi connectivity index (χ2n) is 5.29. The third-order valence-electron chi connectivity index (χ3n) is 3.26. The maximum atomic E-state index is 13.9. The van der Waals surface area contributed by atoms with Gasteiger partial charge in [0.25, 0.3) is 0 Å². The van der Waals surface area contributed by atoms with E-state index in [4.69, 9.17) is 9.47 Å². The van der Waals surface area contributed by atoms with Gasteiger partial charge in [0, 0.05) is 12.0 Å². The van der Waals surface area contributed by atoms with Gasteiger partial charge >= 0.3 is 12.1 Å². The molecule has 0 aliphatic carbocycles. The fraction of sp³-hybridized carbons (Fsp3) is 0.222. The average Bonchev–Trinajstić information content (AvgIpc) is 2.59. The molecule has 0 N–H and O–H groups in total. The normalized spacial score (nSPS) is 11.1. The SMILES string of the molecule is O=Cc1ccc(OC(=O)c2ccc(OCCCC(F)(F)F)c(F)c2)cc1. The van der Waals surface area contributed by atoms with Gasteiger partial charge < -0.3 is 9.47 Å². The van der Waals surface area contributed by atoms with Crippen LogP contribution in [-0.2, 0) is 0 Å². The van der Waals surface area contributed by atoms with Crippen LogP contribution in [-0.4, -0.2) is 25.0 Å². The van der Waals surface area contributed by atoms with Crippen molar-refractivity contribution < 1.29 is 36.6 Å². The van der Waals surface area contributed by atoms with E-state index in [0.29, 0.717) is 11.8 Å². The zero-order valence-corrected chi connectivity index (χ0v) is 13.4. The van der Waals surface area contributed by atoms with E-state index in [1.54, 1.807) is 0 Å². The highest BCUT2D eigenvalue weighted by Gasteiger charge is 2.26. The third-order valence-corrected chi connectivity index (χ3v) is 3.26. The van der Waals surface area contributed by atoms with E-state index in [9.17, 15) is 27.2 Å². The van der Waals surface area contributed by atoms with Crippen LogP contribution in [0.1, 0.15) is 33.6 Å². The molecule has 0 unspecified atom stereocenters. The lowest BCUT2D eigenvalue weighted by atomic mass is 10.2. The molecule has 26 heavy (non-hydrogen) atoms. The van der Waals surface area contributed by atoms with E-state index in [1.807, 2.05) is 0 Å². The third kappa shape index (κ3) is 5.87. The first-order valence-electron chi connectivity index (χ1n) is 7.55. The summed E-state index contributed by atoms with van der Waals surface area (Å²) >= 11 is 0. The molecule has 0 amide bonds. The fourth-order valence-electron chi connectivity index (χ4n) is 1.98. The molecule has 0 atom stereocenters. The van der Waals surface area contributed by atoms with Crippen LogP contribution in [0.3, 0.4) is 0 Å². The summed E-state index contributed by atoms with van der Waals surface area (Å²) in [6.45, 7) is -0.302. The Balaban J connectivity index is 1.94.